The largest absolute Gasteiger partial charge is 0.524 e. The van der Waals surface area contributed by atoms with Crippen molar-refractivity contribution < 1.29 is 44.8 Å². The highest BCUT2D eigenvalue weighted by Crippen LogP contribution is 2.37. The van der Waals surface area contributed by atoms with Crippen LogP contribution in [0.15, 0.2) is 24.3 Å². The van der Waals surface area contributed by atoms with Crippen molar-refractivity contribution in [2.24, 2.45) is 0 Å². The van der Waals surface area contributed by atoms with Gasteiger partial charge in [0.05, 0.1) is 11.5 Å². The van der Waals surface area contributed by atoms with Gasteiger partial charge in [0.1, 0.15) is 5.75 Å². The Kier molecular flexibility index (Phi) is 8.02. The van der Waals surface area contributed by atoms with Gasteiger partial charge in [-0.25, -0.2) is 4.57 Å². The average Bonchev–Trinajstić information content (AvgIpc) is 2.42. The molecule has 0 atom stereocenters. The molecule has 0 fully saturated rings. The van der Waals surface area contributed by atoms with Crippen LogP contribution in [0.25, 0.3) is 0 Å². The van der Waals surface area contributed by atoms with E-state index in [0.29, 0.717) is 5.69 Å². The fourth-order valence-electron chi connectivity index (χ4n) is 2.10. The third kappa shape index (κ3) is 10.7. The Labute approximate surface area is 151 Å². The summed E-state index contributed by atoms with van der Waals surface area (Å²) in [7, 11) is -13.0. The molecule has 14 heteroatoms. The van der Waals surface area contributed by atoms with Gasteiger partial charge in [0.2, 0.25) is 0 Å². The number of anilines is 1. The number of phosphoric acid groups is 1. The van der Waals surface area contributed by atoms with Gasteiger partial charge < -0.3 is 9.42 Å². The topological polar surface area (TPSA) is 179 Å². The summed E-state index contributed by atoms with van der Waals surface area (Å²) in [6, 6.07) is 5.47. The second-order valence-corrected chi connectivity index (χ2v) is 9.65. The Hall–Kier alpha value is -1.21. The predicted molar refractivity (Wildman–Crippen MR) is 93.4 cm³/mol. The van der Waals surface area contributed by atoms with E-state index in [-0.39, 0.29) is 31.7 Å². The van der Waals surface area contributed by atoms with Crippen LogP contribution in [-0.2, 0) is 24.8 Å². The first-order valence-electron chi connectivity index (χ1n) is 7.26. The standard InChI is InChI=1S/C12H20NO10PS2/c14-24(15,16)23-12-5-3-11(4-6-12)13(7-1-9-25(17,18)19)8-2-10-26(20,21)22/h3-6H,1-2,7-10H2,(H2,14,15,16)(H,17,18,19)(H,20,21,22). The van der Waals surface area contributed by atoms with Crippen molar-refractivity contribution in [1.29, 1.82) is 0 Å². The number of hydrogen-bond acceptors (Lipinski definition) is 7. The van der Waals surface area contributed by atoms with Crippen LogP contribution in [0.3, 0.4) is 0 Å². The summed E-state index contributed by atoms with van der Waals surface area (Å²) in [6.45, 7) is 0.313. The second-order valence-electron chi connectivity index (χ2n) is 5.34. The zero-order valence-corrected chi connectivity index (χ0v) is 16.0. The van der Waals surface area contributed by atoms with E-state index < -0.39 is 39.6 Å². The van der Waals surface area contributed by atoms with Gasteiger partial charge in [0.15, 0.2) is 0 Å². The minimum atomic E-state index is -4.70. The summed E-state index contributed by atoms with van der Waals surface area (Å²) in [5, 5.41) is 0. The summed E-state index contributed by atoms with van der Waals surface area (Å²) in [6.07, 6.45) is 0.122. The van der Waals surface area contributed by atoms with Gasteiger partial charge in [-0.3, -0.25) is 18.9 Å². The van der Waals surface area contributed by atoms with Crippen molar-refractivity contribution >= 4 is 33.7 Å². The molecule has 0 radical (unpaired) electrons. The first kappa shape index (κ1) is 22.8. The lowest BCUT2D eigenvalue weighted by atomic mass is 10.2. The van der Waals surface area contributed by atoms with Crippen LogP contribution in [0, 0.1) is 0 Å². The molecule has 4 N–H and O–H groups in total. The Bertz CT molecular complexity index is 793. The van der Waals surface area contributed by atoms with E-state index >= 15 is 0 Å². The fourth-order valence-corrected chi connectivity index (χ4v) is 3.48. The Morgan fingerprint density at radius 1 is 0.885 bits per heavy atom. The summed E-state index contributed by atoms with van der Waals surface area (Å²) >= 11 is 0. The third-order valence-corrected chi connectivity index (χ3v) is 5.14. The number of phosphoric ester groups is 1. The van der Waals surface area contributed by atoms with Crippen molar-refractivity contribution in [3.8, 4) is 5.75 Å². The van der Waals surface area contributed by atoms with E-state index in [9.17, 15) is 21.4 Å². The first-order chi connectivity index (χ1) is 11.8. The van der Waals surface area contributed by atoms with Crippen LogP contribution < -0.4 is 9.42 Å². The number of benzene rings is 1. The van der Waals surface area contributed by atoms with Gasteiger partial charge in [-0.15, -0.1) is 0 Å². The smallest absolute Gasteiger partial charge is 0.404 e. The molecule has 150 valence electrons. The van der Waals surface area contributed by atoms with Crippen LogP contribution in [0.5, 0.6) is 5.75 Å². The molecular formula is C12H20NO10PS2. The summed E-state index contributed by atoms with van der Waals surface area (Å²) in [5.41, 5.74) is 0.508. The van der Waals surface area contributed by atoms with Crippen LogP contribution in [0.4, 0.5) is 5.69 Å². The van der Waals surface area contributed by atoms with E-state index in [1.165, 1.54) is 24.3 Å². The van der Waals surface area contributed by atoms with Crippen LogP contribution in [0.1, 0.15) is 12.8 Å². The summed E-state index contributed by atoms with van der Waals surface area (Å²) in [4.78, 5) is 19.1. The monoisotopic (exact) mass is 433 g/mol. The molecule has 0 aromatic heterocycles. The number of rotatable bonds is 11. The Morgan fingerprint density at radius 3 is 1.65 bits per heavy atom. The van der Waals surface area contributed by atoms with Crippen LogP contribution in [-0.4, -0.2) is 60.3 Å². The van der Waals surface area contributed by atoms with Crippen LogP contribution in [0.2, 0.25) is 0 Å². The lowest BCUT2D eigenvalue weighted by Gasteiger charge is -2.25. The normalized spacial score (nSPS) is 12.8. The average molecular weight is 433 g/mol. The van der Waals surface area contributed by atoms with Gasteiger partial charge in [-0.1, -0.05) is 0 Å². The highest BCUT2D eigenvalue weighted by Gasteiger charge is 2.16. The highest BCUT2D eigenvalue weighted by atomic mass is 32.2. The molecule has 0 aliphatic rings. The lowest BCUT2D eigenvalue weighted by molar-refractivity contribution is 0.283. The summed E-state index contributed by atoms with van der Waals surface area (Å²) < 4.78 is 76.0. The fraction of sp³-hybridized carbons (Fsp3) is 0.500. The summed E-state index contributed by atoms with van der Waals surface area (Å²) in [5.74, 6) is -1.06. The number of nitrogens with zero attached hydrogens (tertiary/aromatic N) is 1. The van der Waals surface area contributed by atoms with Gasteiger partial charge in [0.25, 0.3) is 20.2 Å². The predicted octanol–water partition coefficient (Wildman–Crippen LogP) is 0.520. The minimum absolute atomic E-state index is 0.0610. The zero-order valence-electron chi connectivity index (χ0n) is 13.5. The first-order valence-corrected chi connectivity index (χ1v) is 12.0. The van der Waals surface area contributed by atoms with E-state index in [0.717, 1.165) is 0 Å². The molecule has 0 amide bonds. The molecule has 11 nitrogen and oxygen atoms in total. The third-order valence-electron chi connectivity index (χ3n) is 3.09. The van der Waals surface area contributed by atoms with E-state index in [1.807, 2.05) is 0 Å². The quantitative estimate of drug-likeness (QED) is 0.282. The second kappa shape index (κ2) is 9.13. The lowest BCUT2D eigenvalue weighted by Crippen LogP contribution is -2.28. The highest BCUT2D eigenvalue weighted by molar-refractivity contribution is 7.86. The minimum Gasteiger partial charge on any atom is -0.404 e. The molecule has 1 aromatic carbocycles. The van der Waals surface area contributed by atoms with Crippen LogP contribution >= 0.6 is 7.82 Å². The van der Waals surface area contributed by atoms with Gasteiger partial charge in [0, 0.05) is 18.8 Å². The van der Waals surface area contributed by atoms with Crippen molar-refractivity contribution in [3.05, 3.63) is 24.3 Å². The Morgan fingerprint density at radius 2 is 1.31 bits per heavy atom. The maximum absolute atomic E-state index is 10.8. The molecule has 0 aliphatic carbocycles. The Balaban J connectivity index is 2.83. The van der Waals surface area contributed by atoms with Crippen molar-refractivity contribution in [1.82, 2.24) is 0 Å². The molecule has 0 heterocycles. The molecule has 1 aromatic rings. The molecule has 1 rings (SSSR count). The maximum atomic E-state index is 10.8. The molecule has 0 saturated heterocycles. The SMILES string of the molecule is O=P(O)(O)Oc1ccc(N(CCCS(=O)(=O)O)CCCS(=O)(=O)O)cc1. The number of hydrogen-bond donors (Lipinski definition) is 4. The van der Waals surface area contributed by atoms with Crippen molar-refractivity contribution in [2.45, 2.75) is 12.8 Å². The molecule has 0 bridgehead atoms. The zero-order chi connectivity index (χ0) is 20.0. The van der Waals surface area contributed by atoms with E-state index in [1.54, 1.807) is 4.90 Å². The molecule has 0 spiro atoms. The molecule has 0 aliphatic heterocycles. The van der Waals surface area contributed by atoms with Gasteiger partial charge in [-0.2, -0.15) is 16.8 Å². The van der Waals surface area contributed by atoms with Crippen molar-refractivity contribution in [3.63, 3.8) is 0 Å². The maximum Gasteiger partial charge on any atom is 0.524 e. The van der Waals surface area contributed by atoms with Crippen molar-refractivity contribution in [2.75, 3.05) is 29.5 Å². The molecular weight excluding hydrogens is 413 g/mol. The molecule has 0 saturated carbocycles. The van der Waals surface area contributed by atoms with E-state index in [4.69, 9.17) is 18.9 Å². The van der Waals surface area contributed by atoms with Gasteiger partial charge >= 0.3 is 7.82 Å². The molecule has 0 unspecified atom stereocenters. The van der Waals surface area contributed by atoms with Gasteiger partial charge in [-0.05, 0) is 37.1 Å². The molecule has 26 heavy (non-hydrogen) atoms. The van der Waals surface area contributed by atoms with E-state index in [2.05, 4.69) is 4.52 Å².